The van der Waals surface area contributed by atoms with Gasteiger partial charge in [-0.25, -0.2) is 0 Å². The molecular formula is C35H65N3O10. The summed E-state index contributed by atoms with van der Waals surface area (Å²) in [5, 5.41) is 4.05. The Bertz CT molecular complexity index is 942. The van der Waals surface area contributed by atoms with E-state index in [9.17, 15) is 10.3 Å². The van der Waals surface area contributed by atoms with Crippen LogP contribution in [0.5, 0.6) is 0 Å². The first-order valence-corrected chi connectivity index (χ1v) is 18.2. The largest absolute Gasteiger partial charge is 0.462 e. The highest BCUT2D eigenvalue weighted by Crippen LogP contribution is 2.34. The molecule has 0 N–H and O–H groups in total. The second-order valence-corrected chi connectivity index (χ2v) is 14.1. The van der Waals surface area contributed by atoms with Crippen LogP contribution in [0.1, 0.15) is 114 Å². The van der Waals surface area contributed by atoms with Crippen molar-refractivity contribution in [3.05, 3.63) is 10.4 Å². The molecular weight excluding hydrogens is 622 g/mol. The molecule has 0 saturated carbocycles. The zero-order valence-corrected chi connectivity index (χ0v) is 31.1. The summed E-state index contributed by atoms with van der Waals surface area (Å²) in [5.74, 6) is -1.37. The van der Waals surface area contributed by atoms with E-state index in [0.29, 0.717) is 33.0 Å². The second kappa shape index (κ2) is 22.3. The van der Waals surface area contributed by atoms with Gasteiger partial charge in [-0.2, -0.15) is 0 Å². The van der Waals surface area contributed by atoms with Crippen molar-refractivity contribution in [1.29, 1.82) is 0 Å². The molecule has 0 aliphatic carbocycles. The van der Waals surface area contributed by atoms with Crippen molar-refractivity contribution in [2.24, 2.45) is 10.5 Å². The lowest BCUT2D eigenvalue weighted by Gasteiger charge is -2.46. The first-order valence-electron chi connectivity index (χ1n) is 18.2. The van der Waals surface area contributed by atoms with Crippen LogP contribution in [0.15, 0.2) is 5.11 Å². The third-order valence-electron chi connectivity index (χ3n) is 8.16. The third kappa shape index (κ3) is 14.4. The van der Waals surface area contributed by atoms with Gasteiger partial charge in [-0.3, -0.25) is 4.79 Å². The molecule has 13 heteroatoms. The van der Waals surface area contributed by atoms with E-state index < -0.39 is 60.2 Å². The fourth-order valence-electron chi connectivity index (χ4n) is 5.40. The average Bonchev–Trinajstić information content (AvgIpc) is 3.35. The number of nitrogens with zero attached hydrogens (tertiary/aromatic N) is 3. The Morgan fingerprint density at radius 2 is 1.35 bits per heavy atom. The first-order chi connectivity index (χ1) is 22.9. The van der Waals surface area contributed by atoms with E-state index in [1.807, 2.05) is 0 Å². The zero-order valence-electron chi connectivity index (χ0n) is 31.1. The van der Waals surface area contributed by atoms with Crippen molar-refractivity contribution in [2.75, 3.05) is 46.2 Å². The molecule has 0 amide bonds. The van der Waals surface area contributed by atoms with Gasteiger partial charge in [-0.15, -0.1) is 0 Å². The molecule has 2 aliphatic rings. The van der Waals surface area contributed by atoms with Crippen LogP contribution >= 0.6 is 0 Å². The number of hydrogen-bond donors (Lipinski definition) is 0. The summed E-state index contributed by atoms with van der Waals surface area (Å²) in [6.07, 6.45) is 3.24. The van der Waals surface area contributed by atoms with Crippen LogP contribution in [0, 0.1) is 5.41 Å². The van der Waals surface area contributed by atoms with E-state index in [1.54, 1.807) is 34.6 Å². The van der Waals surface area contributed by atoms with Gasteiger partial charge in [-0.05, 0) is 65.8 Å². The van der Waals surface area contributed by atoms with Gasteiger partial charge in [-0.1, -0.05) is 58.5 Å². The molecule has 2 aliphatic heterocycles. The molecule has 280 valence electrons. The van der Waals surface area contributed by atoms with Crippen LogP contribution in [0.25, 0.3) is 10.4 Å². The minimum atomic E-state index is -0.998. The normalized spacial score (nSPS) is 27.8. The fourth-order valence-corrected chi connectivity index (χ4v) is 5.40. The van der Waals surface area contributed by atoms with Crippen molar-refractivity contribution in [3.63, 3.8) is 0 Å². The molecule has 48 heavy (non-hydrogen) atoms. The Hall–Kier alpha value is -1.54. The molecule has 8 atom stereocenters. The van der Waals surface area contributed by atoms with Gasteiger partial charge in [0.25, 0.3) is 0 Å². The molecule has 5 unspecified atom stereocenters. The van der Waals surface area contributed by atoms with Crippen LogP contribution in [-0.2, 0) is 47.4 Å². The third-order valence-corrected chi connectivity index (χ3v) is 8.16. The summed E-state index contributed by atoms with van der Waals surface area (Å²) < 4.78 is 56.5. The number of azide groups is 1. The lowest BCUT2D eigenvalue weighted by molar-refractivity contribution is -0.325. The Labute approximate surface area is 288 Å². The van der Waals surface area contributed by atoms with Crippen LogP contribution in [0.4, 0.5) is 0 Å². The number of carbonyl (C=O) groups is 1. The average molecular weight is 688 g/mol. The Balaban J connectivity index is 2.37. The van der Waals surface area contributed by atoms with Gasteiger partial charge < -0.3 is 42.6 Å². The highest BCUT2D eigenvalue weighted by Gasteiger charge is 2.50. The monoisotopic (exact) mass is 687 g/mol. The second-order valence-electron chi connectivity index (χ2n) is 14.1. The minimum absolute atomic E-state index is 0.0639. The van der Waals surface area contributed by atoms with Gasteiger partial charge in [0.2, 0.25) is 0 Å². The van der Waals surface area contributed by atoms with Crippen molar-refractivity contribution >= 4 is 5.97 Å². The topological polar surface area (TPSA) is 149 Å². The molecule has 2 saturated heterocycles. The summed E-state index contributed by atoms with van der Waals surface area (Å²) in [7, 11) is 0. The SMILES string of the molecule is CCCCOCC1OC(OC[C@H](N=[N+]=[N-])[C@@H]2OC(C)(C)O[C@@H]2COC(=O)C(C)(C)C)C(OCCCC)C(OCCCC)C1OCCCC. The molecule has 0 aromatic rings. The van der Waals surface area contributed by atoms with Crippen molar-refractivity contribution in [1.82, 2.24) is 0 Å². The van der Waals surface area contributed by atoms with Crippen molar-refractivity contribution < 1.29 is 47.4 Å². The van der Waals surface area contributed by atoms with Gasteiger partial charge in [0.15, 0.2) is 12.1 Å². The van der Waals surface area contributed by atoms with Crippen LogP contribution in [0.3, 0.4) is 0 Å². The standard InChI is InChI=1S/C35H65N3O10/c1-10-14-18-40-23-26-29(41-19-15-11-2)30(42-20-16-12-3)31(43-21-17-13-4)32(46-26)44-22-25(37-38-36)28-27(47-35(8,9)48-28)24-45-33(39)34(5,6)7/h25-32H,10-24H2,1-9H3/t25-,26?,27+,28-,29?,30?,31?,32?/m0/s1. The molecule has 0 aromatic heterocycles. The van der Waals surface area contributed by atoms with E-state index in [0.717, 1.165) is 51.4 Å². The van der Waals surface area contributed by atoms with Gasteiger partial charge in [0.1, 0.15) is 43.2 Å². The van der Waals surface area contributed by atoms with E-state index in [1.165, 1.54) is 0 Å². The highest BCUT2D eigenvalue weighted by molar-refractivity contribution is 5.75. The van der Waals surface area contributed by atoms with Crippen LogP contribution < -0.4 is 0 Å². The molecule has 0 aromatic carbocycles. The molecule has 13 nitrogen and oxygen atoms in total. The summed E-state index contributed by atoms with van der Waals surface area (Å²) in [5.41, 5.74) is 8.88. The number of unbranched alkanes of at least 4 members (excludes halogenated alkanes) is 4. The Morgan fingerprint density at radius 3 is 1.92 bits per heavy atom. The van der Waals surface area contributed by atoms with Gasteiger partial charge in [0, 0.05) is 31.3 Å². The van der Waals surface area contributed by atoms with Gasteiger partial charge >= 0.3 is 5.97 Å². The molecule has 2 fully saturated rings. The summed E-state index contributed by atoms with van der Waals surface area (Å²) >= 11 is 0. The number of carbonyl (C=O) groups excluding carboxylic acids is 1. The predicted octanol–water partition coefficient (Wildman–Crippen LogP) is 6.89. The van der Waals surface area contributed by atoms with Crippen LogP contribution in [0.2, 0.25) is 0 Å². The molecule has 0 bridgehead atoms. The summed E-state index contributed by atoms with van der Waals surface area (Å²) in [4.78, 5) is 15.6. The minimum Gasteiger partial charge on any atom is -0.462 e. The Kier molecular flexibility index (Phi) is 19.8. The maximum atomic E-state index is 12.5. The van der Waals surface area contributed by atoms with E-state index in [-0.39, 0.29) is 19.2 Å². The lowest BCUT2D eigenvalue weighted by Crippen LogP contribution is -2.62. The zero-order chi connectivity index (χ0) is 35.6. The van der Waals surface area contributed by atoms with E-state index in [2.05, 4.69) is 37.7 Å². The smallest absolute Gasteiger partial charge is 0.311 e. The Morgan fingerprint density at radius 1 is 0.792 bits per heavy atom. The number of ether oxygens (including phenoxy) is 9. The maximum absolute atomic E-state index is 12.5. The van der Waals surface area contributed by atoms with E-state index >= 15 is 0 Å². The summed E-state index contributed by atoms with van der Waals surface area (Å²) in [6, 6.07) is -0.827. The predicted molar refractivity (Wildman–Crippen MR) is 181 cm³/mol. The lowest BCUT2D eigenvalue weighted by atomic mass is 9.97. The van der Waals surface area contributed by atoms with Crippen LogP contribution in [-0.4, -0.2) is 107 Å². The van der Waals surface area contributed by atoms with Crippen molar-refractivity contribution in [3.8, 4) is 0 Å². The molecule has 0 radical (unpaired) electrons. The number of esters is 1. The number of hydrogen-bond acceptors (Lipinski definition) is 11. The highest BCUT2D eigenvalue weighted by atomic mass is 16.8. The summed E-state index contributed by atoms with van der Waals surface area (Å²) in [6.45, 7) is 19.7. The molecule has 2 rings (SSSR count). The van der Waals surface area contributed by atoms with E-state index in [4.69, 9.17) is 42.6 Å². The number of rotatable bonds is 24. The molecule has 2 heterocycles. The quantitative estimate of drug-likeness (QED) is 0.0345. The molecule has 0 spiro atoms. The maximum Gasteiger partial charge on any atom is 0.311 e. The van der Waals surface area contributed by atoms with Crippen molar-refractivity contribution in [2.45, 2.75) is 168 Å². The fraction of sp³-hybridized carbons (Fsp3) is 0.971. The first kappa shape index (κ1) is 42.6. The van der Waals surface area contributed by atoms with Gasteiger partial charge in [0.05, 0.1) is 24.7 Å².